The first-order chi connectivity index (χ1) is 14.0. The Kier molecular flexibility index (Phi) is 6.14. The Morgan fingerprint density at radius 2 is 1.34 bits per heavy atom. The molecule has 0 aliphatic carbocycles. The van der Waals surface area contributed by atoms with Crippen molar-refractivity contribution >= 4 is 23.2 Å². The van der Waals surface area contributed by atoms with Crippen molar-refractivity contribution < 1.29 is 19.1 Å². The summed E-state index contributed by atoms with van der Waals surface area (Å²) >= 11 is 0. The second kappa shape index (κ2) is 8.93. The standard InChI is InChI=1S/C23H22N2O4/c1-15-8-4-5-9-17(15)22(26)25-19-14-16(12-13-21(19)29-3)24-23(27)18-10-6-7-11-20(18)28-2/h4-14H,1-3H3,(H,24,27)(H,25,26). The normalized spacial score (nSPS) is 10.2. The summed E-state index contributed by atoms with van der Waals surface area (Å²) in [4.78, 5) is 25.3. The maximum absolute atomic E-state index is 12.7. The van der Waals surface area contributed by atoms with Crippen LogP contribution < -0.4 is 20.1 Å². The Labute approximate surface area is 169 Å². The molecule has 0 aliphatic heterocycles. The van der Waals surface area contributed by atoms with Crippen LogP contribution in [0.2, 0.25) is 0 Å². The van der Waals surface area contributed by atoms with Crippen molar-refractivity contribution in [1.29, 1.82) is 0 Å². The minimum absolute atomic E-state index is 0.255. The topological polar surface area (TPSA) is 76.7 Å². The summed E-state index contributed by atoms with van der Waals surface area (Å²) in [6, 6.07) is 19.3. The predicted molar refractivity (Wildman–Crippen MR) is 113 cm³/mol. The van der Waals surface area contributed by atoms with Gasteiger partial charge in [-0.3, -0.25) is 9.59 Å². The molecule has 0 unspecified atom stereocenters. The van der Waals surface area contributed by atoms with Gasteiger partial charge in [0.1, 0.15) is 11.5 Å². The largest absolute Gasteiger partial charge is 0.496 e. The molecule has 2 N–H and O–H groups in total. The number of hydrogen-bond acceptors (Lipinski definition) is 4. The van der Waals surface area contributed by atoms with Crippen molar-refractivity contribution in [2.45, 2.75) is 6.92 Å². The highest BCUT2D eigenvalue weighted by atomic mass is 16.5. The van der Waals surface area contributed by atoms with Crippen LogP contribution in [0.5, 0.6) is 11.5 Å². The van der Waals surface area contributed by atoms with E-state index in [4.69, 9.17) is 9.47 Å². The first kappa shape index (κ1) is 19.9. The average Bonchev–Trinajstić information content (AvgIpc) is 2.74. The number of ether oxygens (including phenoxy) is 2. The molecule has 0 fully saturated rings. The minimum atomic E-state index is -0.316. The molecule has 6 heteroatoms. The lowest BCUT2D eigenvalue weighted by Crippen LogP contribution is -2.16. The van der Waals surface area contributed by atoms with Gasteiger partial charge in [0.15, 0.2) is 0 Å². The van der Waals surface area contributed by atoms with Crippen molar-refractivity contribution in [2.24, 2.45) is 0 Å². The van der Waals surface area contributed by atoms with Crippen LogP contribution in [0.3, 0.4) is 0 Å². The van der Waals surface area contributed by atoms with Gasteiger partial charge in [0.05, 0.1) is 25.5 Å². The second-order valence-corrected chi connectivity index (χ2v) is 6.34. The van der Waals surface area contributed by atoms with E-state index in [2.05, 4.69) is 10.6 Å². The van der Waals surface area contributed by atoms with Crippen molar-refractivity contribution in [2.75, 3.05) is 24.9 Å². The van der Waals surface area contributed by atoms with E-state index in [1.165, 1.54) is 14.2 Å². The van der Waals surface area contributed by atoms with E-state index in [0.717, 1.165) is 5.56 Å². The van der Waals surface area contributed by atoms with Gasteiger partial charge in [0.25, 0.3) is 11.8 Å². The molecule has 3 aromatic carbocycles. The van der Waals surface area contributed by atoms with Crippen LogP contribution >= 0.6 is 0 Å². The molecule has 0 aliphatic rings. The lowest BCUT2D eigenvalue weighted by molar-refractivity contribution is 0.101. The van der Waals surface area contributed by atoms with Crippen molar-refractivity contribution in [1.82, 2.24) is 0 Å². The van der Waals surface area contributed by atoms with Crippen LogP contribution in [0, 0.1) is 6.92 Å². The van der Waals surface area contributed by atoms with Crippen LogP contribution in [0.4, 0.5) is 11.4 Å². The molecular weight excluding hydrogens is 368 g/mol. The van der Waals surface area contributed by atoms with Crippen molar-refractivity contribution in [3.8, 4) is 11.5 Å². The van der Waals surface area contributed by atoms with Crippen LogP contribution in [0.15, 0.2) is 66.7 Å². The molecule has 0 saturated carbocycles. The summed E-state index contributed by atoms with van der Waals surface area (Å²) < 4.78 is 10.6. The number of nitrogens with one attached hydrogen (secondary N) is 2. The molecule has 0 atom stereocenters. The molecule has 0 radical (unpaired) electrons. The average molecular weight is 390 g/mol. The molecule has 148 valence electrons. The van der Waals surface area contributed by atoms with E-state index in [0.29, 0.717) is 34.0 Å². The maximum Gasteiger partial charge on any atom is 0.259 e. The summed E-state index contributed by atoms with van der Waals surface area (Å²) in [5.74, 6) is 0.396. The number of anilines is 2. The lowest BCUT2D eigenvalue weighted by atomic mass is 10.1. The molecule has 0 spiro atoms. The predicted octanol–water partition coefficient (Wildman–Crippen LogP) is 4.52. The Hall–Kier alpha value is -3.80. The van der Waals surface area contributed by atoms with E-state index in [1.807, 2.05) is 25.1 Å². The smallest absolute Gasteiger partial charge is 0.259 e. The molecule has 0 aromatic heterocycles. The summed E-state index contributed by atoms with van der Waals surface area (Å²) in [6.07, 6.45) is 0. The highest BCUT2D eigenvalue weighted by molar-refractivity contribution is 6.08. The van der Waals surface area contributed by atoms with Gasteiger partial charge in [-0.2, -0.15) is 0 Å². The molecule has 3 aromatic rings. The van der Waals surface area contributed by atoms with Crippen LogP contribution in [0.1, 0.15) is 26.3 Å². The fourth-order valence-electron chi connectivity index (χ4n) is 2.93. The molecule has 0 bridgehead atoms. The summed E-state index contributed by atoms with van der Waals surface area (Å²) in [6.45, 7) is 1.87. The maximum atomic E-state index is 12.7. The van der Waals surface area contributed by atoms with Crippen LogP contribution in [0.25, 0.3) is 0 Å². The SMILES string of the molecule is COc1ccc(NC(=O)c2ccccc2OC)cc1NC(=O)c1ccccc1C. The third-order valence-electron chi connectivity index (χ3n) is 4.45. The molecule has 3 rings (SSSR count). The highest BCUT2D eigenvalue weighted by Gasteiger charge is 2.15. The molecule has 2 amide bonds. The Morgan fingerprint density at radius 3 is 2.03 bits per heavy atom. The number of carbonyl (C=O) groups excluding carboxylic acids is 2. The second-order valence-electron chi connectivity index (χ2n) is 6.34. The lowest BCUT2D eigenvalue weighted by Gasteiger charge is -2.14. The zero-order valence-electron chi connectivity index (χ0n) is 16.5. The third-order valence-corrected chi connectivity index (χ3v) is 4.45. The molecule has 0 saturated heterocycles. The zero-order valence-corrected chi connectivity index (χ0v) is 16.5. The Balaban J connectivity index is 1.84. The molecule has 0 heterocycles. The Morgan fingerprint density at radius 1 is 0.724 bits per heavy atom. The number of amides is 2. The third kappa shape index (κ3) is 4.55. The number of rotatable bonds is 6. The summed E-state index contributed by atoms with van der Waals surface area (Å²) in [7, 11) is 3.03. The molecule has 6 nitrogen and oxygen atoms in total. The number of carbonyl (C=O) groups is 2. The first-order valence-electron chi connectivity index (χ1n) is 9.03. The van der Waals surface area contributed by atoms with E-state index in [1.54, 1.807) is 48.5 Å². The van der Waals surface area contributed by atoms with Gasteiger partial charge in [0.2, 0.25) is 0 Å². The zero-order chi connectivity index (χ0) is 20.8. The number of benzene rings is 3. The minimum Gasteiger partial charge on any atom is -0.496 e. The Bertz CT molecular complexity index is 1050. The van der Waals surface area contributed by atoms with Gasteiger partial charge in [-0.1, -0.05) is 30.3 Å². The van der Waals surface area contributed by atoms with Gasteiger partial charge < -0.3 is 20.1 Å². The fraction of sp³-hybridized carbons (Fsp3) is 0.130. The van der Waals surface area contributed by atoms with Gasteiger partial charge in [-0.05, 0) is 48.9 Å². The highest BCUT2D eigenvalue weighted by Crippen LogP contribution is 2.29. The van der Waals surface area contributed by atoms with Crippen molar-refractivity contribution in [3.05, 3.63) is 83.4 Å². The van der Waals surface area contributed by atoms with Gasteiger partial charge in [0, 0.05) is 11.3 Å². The number of para-hydroxylation sites is 1. The van der Waals surface area contributed by atoms with E-state index >= 15 is 0 Å². The van der Waals surface area contributed by atoms with Crippen LogP contribution in [-0.4, -0.2) is 26.0 Å². The number of aryl methyl sites for hydroxylation is 1. The summed E-state index contributed by atoms with van der Waals surface area (Å²) in [5.41, 5.74) is 2.82. The monoisotopic (exact) mass is 390 g/mol. The number of hydrogen-bond donors (Lipinski definition) is 2. The van der Waals surface area contributed by atoms with Gasteiger partial charge in [-0.15, -0.1) is 0 Å². The quantitative estimate of drug-likeness (QED) is 0.649. The van der Waals surface area contributed by atoms with E-state index in [9.17, 15) is 9.59 Å². The van der Waals surface area contributed by atoms with E-state index < -0.39 is 0 Å². The fourth-order valence-corrected chi connectivity index (χ4v) is 2.93. The van der Waals surface area contributed by atoms with Gasteiger partial charge in [-0.25, -0.2) is 0 Å². The number of methoxy groups -OCH3 is 2. The molecular formula is C23H22N2O4. The van der Waals surface area contributed by atoms with Crippen LogP contribution in [-0.2, 0) is 0 Å². The van der Waals surface area contributed by atoms with Crippen molar-refractivity contribution in [3.63, 3.8) is 0 Å². The molecule has 29 heavy (non-hydrogen) atoms. The van der Waals surface area contributed by atoms with E-state index in [-0.39, 0.29) is 11.8 Å². The first-order valence-corrected chi connectivity index (χ1v) is 9.03. The summed E-state index contributed by atoms with van der Waals surface area (Å²) in [5, 5.41) is 5.68. The van der Waals surface area contributed by atoms with Gasteiger partial charge >= 0.3 is 0 Å².